The lowest BCUT2D eigenvalue weighted by atomic mass is 10.1. The second kappa shape index (κ2) is 6.56. The quantitative estimate of drug-likeness (QED) is 0.508. The number of nitro groups is 1. The van der Waals surface area contributed by atoms with Gasteiger partial charge < -0.3 is 5.32 Å². The van der Waals surface area contributed by atoms with Gasteiger partial charge in [0.25, 0.3) is 5.69 Å². The highest BCUT2D eigenvalue weighted by atomic mass is 35.5. The zero-order valence-corrected chi connectivity index (χ0v) is 12.2. The van der Waals surface area contributed by atoms with Crippen LogP contribution in [0.4, 0.5) is 11.4 Å². The van der Waals surface area contributed by atoms with Crippen molar-refractivity contribution >= 4 is 40.4 Å². The summed E-state index contributed by atoms with van der Waals surface area (Å²) in [4.78, 5) is 22.1. The van der Waals surface area contributed by atoms with Crippen molar-refractivity contribution in [3.63, 3.8) is 0 Å². The number of ketones is 1. The highest BCUT2D eigenvalue weighted by molar-refractivity contribution is 6.42. The number of hydrogen-bond donors (Lipinski definition) is 1. The minimum atomic E-state index is -0.539. The number of nitro benzene ring substituents is 1. The summed E-state index contributed by atoms with van der Waals surface area (Å²) < 4.78 is 0. The number of nitrogens with zero attached hydrogens (tertiary/aromatic N) is 1. The Labute approximate surface area is 130 Å². The molecule has 0 aliphatic carbocycles. The van der Waals surface area contributed by atoms with Crippen LogP contribution in [0.15, 0.2) is 42.5 Å². The van der Waals surface area contributed by atoms with Gasteiger partial charge in [-0.25, -0.2) is 0 Å². The van der Waals surface area contributed by atoms with Gasteiger partial charge in [-0.3, -0.25) is 14.9 Å². The molecule has 0 saturated heterocycles. The maximum absolute atomic E-state index is 12.0. The Balaban J connectivity index is 2.06. The molecule has 0 bridgehead atoms. The first-order chi connectivity index (χ1) is 9.97. The van der Waals surface area contributed by atoms with Gasteiger partial charge in [-0.2, -0.15) is 0 Å². The van der Waals surface area contributed by atoms with Crippen LogP contribution in [0.2, 0.25) is 10.0 Å². The summed E-state index contributed by atoms with van der Waals surface area (Å²) in [6.45, 7) is -0.000864. The van der Waals surface area contributed by atoms with E-state index in [0.29, 0.717) is 15.7 Å². The smallest absolute Gasteiger partial charge is 0.270 e. The van der Waals surface area contributed by atoms with Crippen LogP contribution in [-0.4, -0.2) is 17.3 Å². The molecule has 2 aromatic carbocycles. The number of carbonyl (C=O) groups excluding carboxylic acids is 1. The summed E-state index contributed by atoms with van der Waals surface area (Å²) in [5.74, 6) is -0.259. The average molecular weight is 325 g/mol. The van der Waals surface area contributed by atoms with Crippen LogP contribution in [-0.2, 0) is 0 Å². The molecular formula is C14H10Cl2N2O3. The number of Topliss-reactive ketones (excluding diaryl/α,β-unsaturated/α-hetero) is 1. The predicted molar refractivity (Wildman–Crippen MR) is 82.4 cm³/mol. The van der Waals surface area contributed by atoms with Crippen LogP contribution >= 0.6 is 23.2 Å². The Morgan fingerprint density at radius 3 is 2.57 bits per heavy atom. The monoisotopic (exact) mass is 324 g/mol. The molecule has 0 aliphatic heterocycles. The topological polar surface area (TPSA) is 72.2 Å². The highest BCUT2D eigenvalue weighted by Crippen LogP contribution is 2.25. The number of nitrogens with one attached hydrogen (secondary N) is 1. The Morgan fingerprint density at radius 1 is 1.14 bits per heavy atom. The zero-order valence-electron chi connectivity index (χ0n) is 10.7. The highest BCUT2D eigenvalue weighted by Gasteiger charge is 2.11. The largest absolute Gasteiger partial charge is 0.378 e. The van der Waals surface area contributed by atoms with E-state index in [9.17, 15) is 14.9 Å². The molecule has 21 heavy (non-hydrogen) atoms. The van der Waals surface area contributed by atoms with E-state index in [1.165, 1.54) is 24.3 Å². The molecular weight excluding hydrogens is 315 g/mol. The van der Waals surface area contributed by atoms with Crippen molar-refractivity contribution in [3.8, 4) is 0 Å². The molecule has 7 heteroatoms. The molecule has 0 spiro atoms. The fourth-order valence-electron chi connectivity index (χ4n) is 1.68. The van der Waals surface area contributed by atoms with Crippen LogP contribution in [0.25, 0.3) is 0 Å². The lowest BCUT2D eigenvalue weighted by molar-refractivity contribution is -0.384. The fourth-order valence-corrected chi connectivity index (χ4v) is 1.98. The average Bonchev–Trinajstić information content (AvgIpc) is 2.48. The van der Waals surface area contributed by atoms with Crippen molar-refractivity contribution in [2.45, 2.75) is 0 Å². The predicted octanol–water partition coefficient (Wildman–Crippen LogP) is 4.20. The normalized spacial score (nSPS) is 10.2. The summed E-state index contributed by atoms with van der Waals surface area (Å²) in [7, 11) is 0. The Morgan fingerprint density at radius 2 is 1.90 bits per heavy atom. The van der Waals surface area contributed by atoms with Crippen LogP contribution in [0.1, 0.15) is 10.4 Å². The zero-order chi connectivity index (χ0) is 15.4. The Kier molecular flexibility index (Phi) is 4.77. The number of anilines is 1. The Bertz CT molecular complexity index is 704. The number of rotatable bonds is 5. The molecule has 1 N–H and O–H groups in total. The first kappa shape index (κ1) is 15.3. The number of carbonyl (C=O) groups is 1. The maximum Gasteiger partial charge on any atom is 0.270 e. The van der Waals surface area contributed by atoms with Crippen molar-refractivity contribution < 1.29 is 9.72 Å². The minimum Gasteiger partial charge on any atom is -0.378 e. The summed E-state index contributed by atoms with van der Waals surface area (Å²) in [6, 6.07) is 10.5. The molecule has 0 atom stereocenters. The van der Waals surface area contributed by atoms with E-state index in [2.05, 4.69) is 5.32 Å². The number of halogens is 2. The first-order valence-corrected chi connectivity index (χ1v) is 6.69. The lowest BCUT2D eigenvalue weighted by Gasteiger charge is -2.07. The summed E-state index contributed by atoms with van der Waals surface area (Å²) in [5.41, 5.74) is 0.801. The van der Waals surface area contributed by atoms with Gasteiger partial charge in [-0.15, -0.1) is 0 Å². The van der Waals surface area contributed by atoms with Crippen molar-refractivity contribution in [1.29, 1.82) is 0 Å². The van der Waals surface area contributed by atoms with Gasteiger partial charge in [0.05, 0.1) is 21.5 Å². The third kappa shape index (κ3) is 3.93. The van der Waals surface area contributed by atoms with E-state index >= 15 is 0 Å². The standard InChI is InChI=1S/C14H10Cl2N2O3/c15-12-5-4-10(7-13(12)16)17-8-14(19)9-2-1-3-11(6-9)18(20)21/h1-7,17H,8H2. The van der Waals surface area contributed by atoms with Gasteiger partial charge in [0, 0.05) is 23.4 Å². The molecule has 0 saturated carbocycles. The van der Waals surface area contributed by atoms with Gasteiger partial charge in [0.15, 0.2) is 5.78 Å². The molecule has 0 radical (unpaired) electrons. The molecule has 5 nitrogen and oxygen atoms in total. The van der Waals surface area contributed by atoms with Crippen molar-refractivity contribution in [1.82, 2.24) is 0 Å². The van der Waals surface area contributed by atoms with Crippen LogP contribution in [0.5, 0.6) is 0 Å². The van der Waals surface area contributed by atoms with Crippen LogP contribution in [0.3, 0.4) is 0 Å². The van der Waals surface area contributed by atoms with Gasteiger partial charge >= 0.3 is 0 Å². The van der Waals surface area contributed by atoms with E-state index < -0.39 is 4.92 Å². The molecule has 108 valence electrons. The van der Waals surface area contributed by atoms with Crippen molar-refractivity contribution in [3.05, 3.63) is 68.2 Å². The molecule has 0 unspecified atom stereocenters. The number of non-ortho nitro benzene ring substituents is 1. The fraction of sp³-hybridized carbons (Fsp3) is 0.0714. The molecule has 2 aromatic rings. The minimum absolute atomic E-state index is 0.000864. The first-order valence-electron chi connectivity index (χ1n) is 5.94. The van der Waals surface area contributed by atoms with E-state index in [0.717, 1.165) is 0 Å². The van der Waals surface area contributed by atoms with Gasteiger partial charge in [0.2, 0.25) is 0 Å². The van der Waals surface area contributed by atoms with E-state index in [1.807, 2.05) is 0 Å². The molecule has 0 aromatic heterocycles. The van der Waals surface area contributed by atoms with E-state index in [1.54, 1.807) is 18.2 Å². The lowest BCUT2D eigenvalue weighted by Crippen LogP contribution is -2.14. The number of benzene rings is 2. The number of hydrogen-bond acceptors (Lipinski definition) is 4. The molecule has 0 aliphatic rings. The third-order valence-corrected chi connectivity index (χ3v) is 3.49. The maximum atomic E-state index is 12.0. The second-order valence-corrected chi connectivity index (χ2v) is 5.03. The van der Waals surface area contributed by atoms with Gasteiger partial charge in [-0.1, -0.05) is 35.3 Å². The molecule has 0 fully saturated rings. The summed E-state index contributed by atoms with van der Waals surface area (Å²) in [6.07, 6.45) is 0. The molecule has 0 heterocycles. The third-order valence-electron chi connectivity index (χ3n) is 2.75. The molecule has 0 amide bonds. The van der Waals surface area contributed by atoms with Crippen molar-refractivity contribution in [2.24, 2.45) is 0 Å². The van der Waals surface area contributed by atoms with Crippen LogP contribution < -0.4 is 5.32 Å². The van der Waals surface area contributed by atoms with E-state index in [-0.39, 0.29) is 23.6 Å². The van der Waals surface area contributed by atoms with Gasteiger partial charge in [-0.05, 0) is 18.2 Å². The Hall–Kier alpha value is -2.11. The summed E-state index contributed by atoms with van der Waals surface area (Å²) >= 11 is 11.7. The summed E-state index contributed by atoms with van der Waals surface area (Å²) in [5, 5.41) is 14.4. The van der Waals surface area contributed by atoms with Crippen LogP contribution in [0, 0.1) is 10.1 Å². The second-order valence-electron chi connectivity index (χ2n) is 4.21. The van der Waals surface area contributed by atoms with Crippen molar-refractivity contribution in [2.75, 3.05) is 11.9 Å². The molecule has 2 rings (SSSR count). The van der Waals surface area contributed by atoms with Gasteiger partial charge in [0.1, 0.15) is 0 Å². The SMILES string of the molecule is O=C(CNc1ccc(Cl)c(Cl)c1)c1cccc([N+](=O)[O-])c1. The van der Waals surface area contributed by atoms with E-state index in [4.69, 9.17) is 23.2 Å².